The van der Waals surface area contributed by atoms with Gasteiger partial charge in [-0.15, -0.1) is 12.4 Å². The van der Waals surface area contributed by atoms with Gasteiger partial charge in [-0.1, -0.05) is 12.1 Å². The van der Waals surface area contributed by atoms with Crippen LogP contribution in [0.5, 0.6) is 5.75 Å². The minimum atomic E-state index is -0.293. The summed E-state index contributed by atoms with van der Waals surface area (Å²) in [5.74, 6) is 0.962. The average molecular weight is 313 g/mol. The van der Waals surface area contributed by atoms with Gasteiger partial charge in [-0.05, 0) is 50.9 Å². The number of rotatable bonds is 4. The van der Waals surface area contributed by atoms with Crippen LogP contribution in [0.4, 0.5) is 0 Å². The molecule has 21 heavy (non-hydrogen) atoms. The molecule has 4 nitrogen and oxygen atoms in total. The Bertz CT molecular complexity index is 456. The molecule has 5 heteroatoms. The second kappa shape index (κ2) is 7.66. The van der Waals surface area contributed by atoms with Crippen LogP contribution in [0.1, 0.15) is 38.3 Å². The van der Waals surface area contributed by atoms with Crippen LogP contribution < -0.4 is 15.4 Å². The van der Waals surface area contributed by atoms with E-state index in [2.05, 4.69) is 10.6 Å². The van der Waals surface area contributed by atoms with Gasteiger partial charge in [0.05, 0.1) is 18.6 Å². The van der Waals surface area contributed by atoms with Crippen LogP contribution in [-0.4, -0.2) is 26.1 Å². The van der Waals surface area contributed by atoms with E-state index in [4.69, 9.17) is 4.74 Å². The molecule has 0 spiro atoms. The third kappa shape index (κ3) is 4.35. The number of methoxy groups -OCH3 is 1. The standard InChI is InChI=1S/C16H24N2O2.ClH/c1-12(13-5-7-14(20-3)8-6-13)18-15(19)16(2)9-4-10-17-11-16;/h5-8,12,17H,4,9-11H2,1-3H3,(H,18,19);1H. The summed E-state index contributed by atoms with van der Waals surface area (Å²) in [7, 11) is 1.65. The number of halogens is 1. The maximum Gasteiger partial charge on any atom is 0.227 e. The van der Waals surface area contributed by atoms with Crippen molar-refractivity contribution >= 4 is 18.3 Å². The summed E-state index contributed by atoms with van der Waals surface area (Å²) >= 11 is 0. The van der Waals surface area contributed by atoms with Crippen molar-refractivity contribution in [2.45, 2.75) is 32.7 Å². The van der Waals surface area contributed by atoms with Gasteiger partial charge in [-0.2, -0.15) is 0 Å². The van der Waals surface area contributed by atoms with Crippen LogP contribution >= 0.6 is 12.4 Å². The fourth-order valence-corrected chi connectivity index (χ4v) is 2.60. The highest BCUT2D eigenvalue weighted by molar-refractivity contribution is 5.85. The van der Waals surface area contributed by atoms with Crippen molar-refractivity contribution in [3.63, 3.8) is 0 Å². The molecule has 0 bridgehead atoms. The van der Waals surface area contributed by atoms with E-state index in [-0.39, 0.29) is 29.8 Å². The first kappa shape index (κ1) is 17.8. The smallest absolute Gasteiger partial charge is 0.227 e. The van der Waals surface area contributed by atoms with Gasteiger partial charge in [-0.25, -0.2) is 0 Å². The third-order valence-electron chi connectivity index (χ3n) is 4.11. The number of ether oxygens (including phenoxy) is 1. The van der Waals surface area contributed by atoms with E-state index in [0.29, 0.717) is 0 Å². The molecule has 1 saturated heterocycles. The van der Waals surface area contributed by atoms with E-state index in [9.17, 15) is 4.79 Å². The highest BCUT2D eigenvalue weighted by Crippen LogP contribution is 2.27. The van der Waals surface area contributed by atoms with Gasteiger partial charge in [-0.3, -0.25) is 4.79 Å². The van der Waals surface area contributed by atoms with Crippen LogP contribution in [0.2, 0.25) is 0 Å². The first-order valence-corrected chi connectivity index (χ1v) is 7.21. The van der Waals surface area contributed by atoms with Gasteiger partial charge < -0.3 is 15.4 Å². The molecular weight excluding hydrogens is 288 g/mol. The Labute approximate surface area is 133 Å². The fraction of sp³-hybridized carbons (Fsp3) is 0.562. The molecule has 0 aromatic heterocycles. The van der Waals surface area contributed by atoms with Crippen LogP contribution in [0.25, 0.3) is 0 Å². The van der Waals surface area contributed by atoms with E-state index >= 15 is 0 Å². The zero-order valence-electron chi connectivity index (χ0n) is 12.9. The first-order valence-electron chi connectivity index (χ1n) is 7.21. The first-order chi connectivity index (χ1) is 9.55. The SMILES string of the molecule is COc1ccc(C(C)NC(=O)C2(C)CCCNC2)cc1.Cl. The predicted octanol–water partition coefficient (Wildman–Crippen LogP) is 2.68. The Hall–Kier alpha value is -1.26. The summed E-state index contributed by atoms with van der Waals surface area (Å²) in [6.45, 7) is 5.82. The number of hydrogen-bond donors (Lipinski definition) is 2. The maximum absolute atomic E-state index is 12.5. The van der Waals surface area contributed by atoms with Crippen LogP contribution in [0.15, 0.2) is 24.3 Å². The van der Waals surface area contributed by atoms with Gasteiger partial charge in [0.15, 0.2) is 0 Å². The summed E-state index contributed by atoms with van der Waals surface area (Å²) < 4.78 is 5.15. The molecule has 2 atom stereocenters. The molecule has 1 fully saturated rings. The van der Waals surface area contributed by atoms with Crippen molar-refractivity contribution in [1.82, 2.24) is 10.6 Å². The lowest BCUT2D eigenvalue weighted by Gasteiger charge is -2.33. The molecule has 2 unspecified atom stereocenters. The molecular formula is C16H25ClN2O2. The summed E-state index contributed by atoms with van der Waals surface area (Å²) in [5.41, 5.74) is 0.797. The van der Waals surface area contributed by atoms with Crippen LogP contribution in [-0.2, 0) is 4.79 Å². The maximum atomic E-state index is 12.5. The second-order valence-corrected chi connectivity index (χ2v) is 5.81. The van der Waals surface area contributed by atoms with Crippen LogP contribution in [0, 0.1) is 5.41 Å². The van der Waals surface area contributed by atoms with Crippen molar-refractivity contribution in [3.05, 3.63) is 29.8 Å². The molecule has 118 valence electrons. The lowest BCUT2D eigenvalue weighted by Crippen LogP contribution is -2.49. The second-order valence-electron chi connectivity index (χ2n) is 5.81. The molecule has 1 aliphatic rings. The van der Waals surface area contributed by atoms with Gasteiger partial charge in [0.1, 0.15) is 5.75 Å². The third-order valence-corrected chi connectivity index (χ3v) is 4.11. The summed E-state index contributed by atoms with van der Waals surface area (Å²) in [4.78, 5) is 12.5. The number of carbonyl (C=O) groups excluding carboxylic acids is 1. The van der Waals surface area contributed by atoms with Gasteiger partial charge in [0, 0.05) is 6.54 Å². The molecule has 1 aliphatic heterocycles. The molecule has 0 aliphatic carbocycles. The lowest BCUT2D eigenvalue weighted by molar-refractivity contribution is -0.131. The minimum absolute atomic E-state index is 0. The summed E-state index contributed by atoms with van der Waals surface area (Å²) in [6, 6.07) is 7.83. The fourth-order valence-electron chi connectivity index (χ4n) is 2.60. The number of carbonyl (C=O) groups is 1. The minimum Gasteiger partial charge on any atom is -0.497 e. The molecule has 0 saturated carbocycles. The number of hydrogen-bond acceptors (Lipinski definition) is 3. The Balaban J connectivity index is 0.00000220. The summed E-state index contributed by atoms with van der Waals surface area (Å²) in [5, 5.41) is 6.43. The van der Waals surface area contributed by atoms with E-state index in [1.807, 2.05) is 38.1 Å². The number of amides is 1. The lowest BCUT2D eigenvalue weighted by atomic mass is 9.81. The van der Waals surface area contributed by atoms with E-state index in [0.717, 1.165) is 37.2 Å². The van der Waals surface area contributed by atoms with Gasteiger partial charge >= 0.3 is 0 Å². The van der Waals surface area contributed by atoms with Crippen molar-refractivity contribution in [2.24, 2.45) is 5.41 Å². The molecule has 1 heterocycles. The number of piperidine rings is 1. The molecule has 2 N–H and O–H groups in total. The molecule has 2 rings (SSSR count). The zero-order valence-corrected chi connectivity index (χ0v) is 13.8. The van der Waals surface area contributed by atoms with Gasteiger partial charge in [0.2, 0.25) is 5.91 Å². The summed E-state index contributed by atoms with van der Waals surface area (Å²) in [6.07, 6.45) is 2.00. The number of nitrogens with one attached hydrogen (secondary N) is 2. The van der Waals surface area contributed by atoms with Crippen molar-refractivity contribution < 1.29 is 9.53 Å². The Morgan fingerprint density at radius 3 is 2.57 bits per heavy atom. The molecule has 1 aromatic carbocycles. The van der Waals surface area contributed by atoms with E-state index in [1.165, 1.54) is 0 Å². The average Bonchev–Trinajstić information content (AvgIpc) is 2.48. The van der Waals surface area contributed by atoms with Gasteiger partial charge in [0.25, 0.3) is 0 Å². The predicted molar refractivity (Wildman–Crippen MR) is 87.0 cm³/mol. The van der Waals surface area contributed by atoms with Crippen molar-refractivity contribution in [3.8, 4) is 5.75 Å². The van der Waals surface area contributed by atoms with E-state index in [1.54, 1.807) is 7.11 Å². The molecule has 1 aromatic rings. The highest BCUT2D eigenvalue weighted by atomic mass is 35.5. The van der Waals surface area contributed by atoms with Crippen molar-refractivity contribution in [2.75, 3.05) is 20.2 Å². The normalized spacial score (nSPS) is 22.8. The Kier molecular flexibility index (Phi) is 6.49. The number of benzene rings is 1. The largest absolute Gasteiger partial charge is 0.497 e. The Morgan fingerprint density at radius 1 is 1.38 bits per heavy atom. The van der Waals surface area contributed by atoms with Crippen LogP contribution in [0.3, 0.4) is 0 Å². The Morgan fingerprint density at radius 2 is 2.05 bits per heavy atom. The molecule has 0 radical (unpaired) electrons. The monoisotopic (exact) mass is 312 g/mol. The molecule has 1 amide bonds. The topological polar surface area (TPSA) is 50.4 Å². The highest BCUT2D eigenvalue weighted by Gasteiger charge is 2.35. The van der Waals surface area contributed by atoms with Crippen molar-refractivity contribution in [1.29, 1.82) is 0 Å². The van der Waals surface area contributed by atoms with E-state index < -0.39 is 0 Å². The zero-order chi connectivity index (χ0) is 14.6. The quantitative estimate of drug-likeness (QED) is 0.898.